The number of carbonyl (C=O) groups is 3. The molecular weight excluding hydrogens is 482 g/mol. The summed E-state index contributed by atoms with van der Waals surface area (Å²) in [7, 11) is 0. The molecule has 0 saturated carbocycles. The summed E-state index contributed by atoms with van der Waals surface area (Å²) in [6, 6.07) is 20.0. The molecule has 3 amide bonds. The number of aromatic nitrogens is 1. The lowest BCUT2D eigenvalue weighted by Gasteiger charge is -2.30. The Morgan fingerprint density at radius 2 is 1.63 bits per heavy atom. The van der Waals surface area contributed by atoms with Crippen LogP contribution in [-0.2, 0) is 4.79 Å². The largest absolute Gasteiger partial charge is 0.355 e. The summed E-state index contributed by atoms with van der Waals surface area (Å²) < 4.78 is 5.47. The zero-order valence-electron chi connectivity index (χ0n) is 21.3. The van der Waals surface area contributed by atoms with Crippen molar-refractivity contribution in [2.45, 2.75) is 37.8 Å². The number of hydrogen-bond donors (Lipinski definition) is 2. The molecule has 3 heterocycles. The van der Waals surface area contributed by atoms with Gasteiger partial charge in [0.25, 0.3) is 11.8 Å². The highest BCUT2D eigenvalue weighted by atomic mass is 16.5. The summed E-state index contributed by atoms with van der Waals surface area (Å²) in [5.41, 5.74) is 1.73. The van der Waals surface area contributed by atoms with Gasteiger partial charge in [0.15, 0.2) is 11.5 Å². The molecule has 9 heteroatoms. The third-order valence-electron chi connectivity index (χ3n) is 7.20. The average molecular weight is 516 g/mol. The van der Waals surface area contributed by atoms with E-state index in [1.807, 2.05) is 65.6 Å². The van der Waals surface area contributed by atoms with Crippen LogP contribution in [0, 0.1) is 0 Å². The number of nitrogens with zero attached hydrogens (tertiary/aromatic N) is 3. The Balaban J connectivity index is 1.33. The minimum atomic E-state index is -0.307. The Hall–Kier alpha value is -3.98. The second kappa shape index (κ2) is 12.0. The molecule has 2 saturated heterocycles. The molecule has 0 aliphatic carbocycles. The summed E-state index contributed by atoms with van der Waals surface area (Å²) in [5, 5.41) is 10.3. The molecule has 5 rings (SSSR count). The van der Waals surface area contributed by atoms with Gasteiger partial charge in [-0.2, -0.15) is 0 Å². The number of hydrogen-bond acceptors (Lipinski definition) is 6. The molecule has 1 aromatic heterocycles. The topological polar surface area (TPSA) is 108 Å². The van der Waals surface area contributed by atoms with E-state index >= 15 is 0 Å². The Morgan fingerprint density at radius 3 is 2.42 bits per heavy atom. The van der Waals surface area contributed by atoms with Crippen LogP contribution in [0.2, 0.25) is 0 Å². The fraction of sp³-hybridized carbons (Fsp3) is 0.379. The van der Waals surface area contributed by atoms with Crippen LogP contribution in [0.1, 0.15) is 46.5 Å². The average Bonchev–Trinajstić information content (AvgIpc) is 3.65. The monoisotopic (exact) mass is 515 g/mol. The first kappa shape index (κ1) is 25.7. The maximum Gasteiger partial charge on any atom is 0.276 e. The molecule has 0 spiro atoms. The molecular formula is C29H33N5O4. The van der Waals surface area contributed by atoms with Gasteiger partial charge >= 0.3 is 0 Å². The van der Waals surface area contributed by atoms with Crippen molar-refractivity contribution >= 4 is 17.7 Å². The second-order valence-electron chi connectivity index (χ2n) is 9.80. The molecule has 2 aromatic carbocycles. The minimum absolute atomic E-state index is 0.0411. The van der Waals surface area contributed by atoms with Gasteiger partial charge < -0.3 is 25.0 Å². The smallest absolute Gasteiger partial charge is 0.276 e. The van der Waals surface area contributed by atoms with E-state index in [-0.39, 0.29) is 35.5 Å². The van der Waals surface area contributed by atoms with E-state index in [9.17, 15) is 14.4 Å². The van der Waals surface area contributed by atoms with Crippen LogP contribution >= 0.6 is 0 Å². The highest BCUT2D eigenvalue weighted by molar-refractivity contribution is 5.95. The summed E-state index contributed by atoms with van der Waals surface area (Å²) in [5.74, 6) is 0.241. The van der Waals surface area contributed by atoms with Gasteiger partial charge in [0.2, 0.25) is 5.91 Å². The van der Waals surface area contributed by atoms with Crippen LogP contribution in [0.5, 0.6) is 0 Å². The molecule has 2 aliphatic rings. The maximum absolute atomic E-state index is 13.5. The van der Waals surface area contributed by atoms with Crippen molar-refractivity contribution in [3.05, 3.63) is 78.0 Å². The first-order valence-electron chi connectivity index (χ1n) is 13.3. The maximum atomic E-state index is 13.5. The molecule has 2 N–H and O–H groups in total. The fourth-order valence-electron chi connectivity index (χ4n) is 5.14. The Bertz CT molecular complexity index is 1250. The lowest BCUT2D eigenvalue weighted by Crippen LogP contribution is -2.44. The zero-order valence-corrected chi connectivity index (χ0v) is 21.3. The van der Waals surface area contributed by atoms with E-state index in [0.29, 0.717) is 56.9 Å². The molecule has 198 valence electrons. The van der Waals surface area contributed by atoms with E-state index in [2.05, 4.69) is 15.8 Å². The lowest BCUT2D eigenvalue weighted by molar-refractivity contribution is -0.122. The standard InChI is InChI=1S/C29H33N5O4/c35-27-24-18-23(20-31-24)34(28(36)22-12-5-2-6-13-22)17-9-16-33(15-8-7-14-30-27)29(37)25-19-26(38-32-25)21-10-3-1-4-11-21/h1-6,10-13,19,23-24,31H,7-9,14-18,20H2,(H,30,35)/t23-,24-/m0/s1. The van der Waals surface area contributed by atoms with Crippen molar-refractivity contribution in [3.63, 3.8) is 0 Å². The summed E-state index contributed by atoms with van der Waals surface area (Å²) in [4.78, 5) is 43.3. The summed E-state index contributed by atoms with van der Waals surface area (Å²) in [6.07, 6.45) is 2.68. The van der Waals surface area contributed by atoms with Gasteiger partial charge in [-0.1, -0.05) is 53.7 Å². The summed E-state index contributed by atoms with van der Waals surface area (Å²) in [6.45, 7) is 2.59. The predicted octanol–water partition coefficient (Wildman–Crippen LogP) is 2.96. The first-order chi connectivity index (χ1) is 18.6. The number of carbonyl (C=O) groups excluding carboxylic acids is 3. The third-order valence-corrected chi connectivity index (χ3v) is 7.20. The van der Waals surface area contributed by atoms with Crippen LogP contribution in [0.4, 0.5) is 0 Å². The molecule has 2 fully saturated rings. The molecule has 2 bridgehead atoms. The van der Waals surface area contributed by atoms with Crippen LogP contribution in [-0.4, -0.2) is 77.5 Å². The van der Waals surface area contributed by atoms with Gasteiger partial charge in [0.1, 0.15) is 0 Å². The van der Waals surface area contributed by atoms with E-state index in [1.54, 1.807) is 11.0 Å². The summed E-state index contributed by atoms with van der Waals surface area (Å²) >= 11 is 0. The van der Waals surface area contributed by atoms with E-state index in [1.165, 1.54) is 0 Å². The normalized spacial score (nSPS) is 21.0. The van der Waals surface area contributed by atoms with Crippen molar-refractivity contribution in [1.82, 2.24) is 25.6 Å². The molecule has 0 radical (unpaired) electrons. The van der Waals surface area contributed by atoms with Crippen molar-refractivity contribution in [2.75, 3.05) is 32.7 Å². The highest BCUT2D eigenvalue weighted by Gasteiger charge is 2.35. The lowest BCUT2D eigenvalue weighted by atomic mass is 10.1. The molecule has 38 heavy (non-hydrogen) atoms. The Morgan fingerprint density at radius 1 is 0.895 bits per heavy atom. The number of benzene rings is 2. The molecule has 0 unspecified atom stereocenters. The van der Waals surface area contributed by atoms with E-state index in [0.717, 1.165) is 18.4 Å². The zero-order chi connectivity index (χ0) is 26.3. The Labute approximate surface area is 222 Å². The quantitative estimate of drug-likeness (QED) is 0.555. The van der Waals surface area contributed by atoms with Crippen molar-refractivity contribution < 1.29 is 18.9 Å². The fourth-order valence-corrected chi connectivity index (χ4v) is 5.14. The van der Waals surface area contributed by atoms with Crippen LogP contribution in [0.25, 0.3) is 11.3 Å². The SMILES string of the molecule is O=C1NCCCCN(C(=O)c2cc(-c3ccccc3)on2)CCCN(C(=O)c2ccccc2)[C@@H]2CN[C@H]1C2. The van der Waals surface area contributed by atoms with Crippen molar-refractivity contribution in [1.29, 1.82) is 0 Å². The Kier molecular flexibility index (Phi) is 8.13. The number of nitrogens with one attached hydrogen (secondary N) is 2. The van der Waals surface area contributed by atoms with Crippen LogP contribution < -0.4 is 10.6 Å². The van der Waals surface area contributed by atoms with E-state index < -0.39 is 0 Å². The molecule has 2 atom stereocenters. The number of fused-ring (bicyclic) bond motifs is 2. The van der Waals surface area contributed by atoms with Gasteiger partial charge in [0, 0.05) is 56.0 Å². The van der Waals surface area contributed by atoms with Gasteiger partial charge in [-0.05, 0) is 37.8 Å². The van der Waals surface area contributed by atoms with Crippen molar-refractivity contribution in [3.8, 4) is 11.3 Å². The van der Waals surface area contributed by atoms with Crippen LogP contribution in [0.15, 0.2) is 71.3 Å². The predicted molar refractivity (Wildman–Crippen MR) is 142 cm³/mol. The van der Waals surface area contributed by atoms with Crippen LogP contribution in [0.3, 0.4) is 0 Å². The molecule has 2 aliphatic heterocycles. The molecule has 9 nitrogen and oxygen atoms in total. The van der Waals surface area contributed by atoms with Gasteiger partial charge in [-0.25, -0.2) is 0 Å². The van der Waals surface area contributed by atoms with Crippen molar-refractivity contribution in [2.24, 2.45) is 0 Å². The number of rotatable bonds is 3. The second-order valence-corrected chi connectivity index (χ2v) is 9.80. The molecule has 3 aromatic rings. The minimum Gasteiger partial charge on any atom is -0.355 e. The van der Waals surface area contributed by atoms with Gasteiger partial charge in [-0.15, -0.1) is 0 Å². The van der Waals surface area contributed by atoms with E-state index in [4.69, 9.17) is 4.52 Å². The van der Waals surface area contributed by atoms with Gasteiger partial charge in [0.05, 0.1) is 6.04 Å². The first-order valence-corrected chi connectivity index (χ1v) is 13.3. The highest BCUT2D eigenvalue weighted by Crippen LogP contribution is 2.22. The third kappa shape index (κ3) is 5.94. The van der Waals surface area contributed by atoms with Gasteiger partial charge in [-0.3, -0.25) is 14.4 Å². The number of amides is 3.